The minimum atomic E-state index is 0.346. The van der Waals surface area contributed by atoms with Gasteiger partial charge in [0.25, 0.3) is 0 Å². The van der Waals surface area contributed by atoms with Gasteiger partial charge < -0.3 is 14.7 Å². The predicted octanol–water partition coefficient (Wildman–Crippen LogP) is 7.34. The number of phenolic OH excluding ortho intramolecular Hbond substituents is 1. The summed E-state index contributed by atoms with van der Waals surface area (Å²) in [6, 6.07) is 23.4. The van der Waals surface area contributed by atoms with Gasteiger partial charge in [0.15, 0.2) is 0 Å². The van der Waals surface area contributed by atoms with E-state index < -0.39 is 0 Å². The fourth-order valence-corrected chi connectivity index (χ4v) is 5.90. The molecule has 1 heterocycles. The lowest BCUT2D eigenvalue weighted by Gasteiger charge is -2.32. The van der Waals surface area contributed by atoms with Gasteiger partial charge in [0.1, 0.15) is 11.5 Å². The number of phenols is 1. The van der Waals surface area contributed by atoms with Gasteiger partial charge in [0, 0.05) is 24.8 Å². The molecule has 3 aromatic carbocycles. The van der Waals surface area contributed by atoms with Gasteiger partial charge >= 0.3 is 0 Å². The molecule has 1 unspecified atom stereocenters. The molecule has 1 atom stereocenters. The van der Waals surface area contributed by atoms with Crippen molar-refractivity contribution in [2.24, 2.45) is 0 Å². The van der Waals surface area contributed by atoms with Crippen molar-refractivity contribution in [2.75, 3.05) is 24.8 Å². The summed E-state index contributed by atoms with van der Waals surface area (Å²) in [4.78, 5) is 4.42. The maximum Gasteiger partial charge on any atom is 0.130 e. The van der Waals surface area contributed by atoms with E-state index in [9.17, 15) is 5.11 Å². The summed E-state index contributed by atoms with van der Waals surface area (Å²) in [5.41, 5.74) is 3.60. The number of methoxy groups -OCH3 is 1. The van der Waals surface area contributed by atoms with Gasteiger partial charge in [-0.15, -0.1) is 11.8 Å². The summed E-state index contributed by atoms with van der Waals surface area (Å²) in [6.07, 6.45) is 5.49. The smallest absolute Gasteiger partial charge is 0.130 e. The second-order valence-electron chi connectivity index (χ2n) is 8.25. The van der Waals surface area contributed by atoms with E-state index in [4.69, 9.17) is 4.74 Å². The molecule has 0 fully saturated rings. The lowest BCUT2D eigenvalue weighted by molar-refractivity contribution is 0.328. The standard InChI is InChI=1S/C27H32N2O2S2/c1-4-5-9-22-19-28(21-10-7-6-8-11-21)24-16-27(32-3)25(30)17-26(24)33-29(22)18-20-12-14-23(31-2)15-13-20/h6-8,10-17,22,30H,4-5,9,18-19H2,1-3H3. The van der Waals surface area contributed by atoms with Crippen LogP contribution in [0.1, 0.15) is 31.7 Å². The van der Waals surface area contributed by atoms with Crippen molar-refractivity contribution in [3.63, 3.8) is 0 Å². The molecule has 174 valence electrons. The Bertz CT molecular complexity index is 1040. The van der Waals surface area contributed by atoms with Gasteiger partial charge in [-0.2, -0.15) is 0 Å². The second kappa shape index (κ2) is 11.2. The molecular formula is C27H32N2O2S2. The average molecular weight is 481 g/mol. The van der Waals surface area contributed by atoms with E-state index in [-0.39, 0.29) is 0 Å². The predicted molar refractivity (Wildman–Crippen MR) is 141 cm³/mol. The molecule has 0 bridgehead atoms. The minimum absolute atomic E-state index is 0.346. The summed E-state index contributed by atoms with van der Waals surface area (Å²) < 4.78 is 7.84. The highest BCUT2D eigenvalue weighted by molar-refractivity contribution is 7.98. The van der Waals surface area contributed by atoms with Gasteiger partial charge in [0.2, 0.25) is 0 Å². The Hall–Kier alpha value is -2.28. The van der Waals surface area contributed by atoms with E-state index in [0.29, 0.717) is 11.8 Å². The molecule has 0 saturated carbocycles. The topological polar surface area (TPSA) is 35.9 Å². The third-order valence-corrected chi connectivity index (χ3v) is 7.98. The maximum absolute atomic E-state index is 10.7. The molecule has 3 aromatic rings. The Morgan fingerprint density at radius 2 is 1.85 bits per heavy atom. The van der Waals surface area contributed by atoms with Gasteiger partial charge in [-0.1, -0.05) is 50.1 Å². The van der Waals surface area contributed by atoms with Crippen molar-refractivity contribution in [3.05, 3.63) is 72.3 Å². The molecule has 0 radical (unpaired) electrons. The third kappa shape index (κ3) is 5.62. The first-order chi connectivity index (χ1) is 16.1. The van der Waals surface area contributed by atoms with Crippen molar-refractivity contribution in [1.29, 1.82) is 0 Å². The molecule has 0 saturated heterocycles. The van der Waals surface area contributed by atoms with Crippen LogP contribution in [0.15, 0.2) is 76.5 Å². The number of anilines is 2. The number of aromatic hydroxyl groups is 1. The van der Waals surface area contributed by atoms with Gasteiger partial charge in [-0.3, -0.25) is 0 Å². The van der Waals surface area contributed by atoms with E-state index in [1.807, 2.05) is 24.5 Å². The third-order valence-electron chi connectivity index (χ3n) is 6.02. The number of hydrogen-bond acceptors (Lipinski definition) is 6. The Morgan fingerprint density at radius 1 is 1.09 bits per heavy atom. The van der Waals surface area contributed by atoms with Crippen LogP contribution in [0, 0.1) is 0 Å². The van der Waals surface area contributed by atoms with E-state index in [1.165, 1.54) is 24.1 Å². The average Bonchev–Trinajstić information content (AvgIpc) is 2.99. The van der Waals surface area contributed by atoms with Crippen LogP contribution in [0.4, 0.5) is 11.4 Å². The lowest BCUT2D eigenvalue weighted by atomic mass is 10.1. The van der Waals surface area contributed by atoms with E-state index in [0.717, 1.165) is 40.7 Å². The number of benzene rings is 3. The van der Waals surface area contributed by atoms with E-state index in [1.54, 1.807) is 30.8 Å². The van der Waals surface area contributed by atoms with Gasteiger partial charge in [-0.25, -0.2) is 4.31 Å². The zero-order valence-corrected chi connectivity index (χ0v) is 21.2. The zero-order chi connectivity index (χ0) is 23.2. The summed E-state index contributed by atoms with van der Waals surface area (Å²) in [6.45, 7) is 3.99. The Morgan fingerprint density at radius 3 is 2.52 bits per heavy atom. The first-order valence-corrected chi connectivity index (χ1v) is 13.4. The van der Waals surface area contributed by atoms with Crippen molar-refractivity contribution in [2.45, 2.75) is 48.6 Å². The number of nitrogens with zero attached hydrogens (tertiary/aromatic N) is 2. The summed E-state index contributed by atoms with van der Waals surface area (Å²) >= 11 is 3.35. The summed E-state index contributed by atoms with van der Waals surface area (Å²) in [5.74, 6) is 1.22. The molecule has 1 N–H and O–H groups in total. The van der Waals surface area contributed by atoms with Crippen molar-refractivity contribution in [3.8, 4) is 11.5 Å². The molecule has 0 spiro atoms. The molecule has 0 amide bonds. The second-order valence-corrected chi connectivity index (χ2v) is 10.2. The fraction of sp³-hybridized carbons (Fsp3) is 0.333. The van der Waals surface area contributed by atoms with E-state index in [2.05, 4.69) is 64.7 Å². The molecular weight excluding hydrogens is 448 g/mol. The lowest BCUT2D eigenvalue weighted by Crippen LogP contribution is -2.37. The van der Waals surface area contributed by atoms with Crippen LogP contribution in [0.5, 0.6) is 11.5 Å². The largest absolute Gasteiger partial charge is 0.507 e. The first kappa shape index (κ1) is 23.9. The minimum Gasteiger partial charge on any atom is -0.507 e. The van der Waals surface area contributed by atoms with Crippen LogP contribution >= 0.6 is 23.7 Å². The number of fused-ring (bicyclic) bond motifs is 1. The first-order valence-electron chi connectivity index (χ1n) is 11.4. The van der Waals surface area contributed by atoms with Crippen LogP contribution in [0.25, 0.3) is 0 Å². The molecule has 6 heteroatoms. The van der Waals surface area contributed by atoms with Crippen LogP contribution in [-0.4, -0.2) is 35.4 Å². The number of rotatable bonds is 8. The highest BCUT2D eigenvalue weighted by Gasteiger charge is 2.30. The molecule has 33 heavy (non-hydrogen) atoms. The Balaban J connectivity index is 1.75. The number of ether oxygens (including phenoxy) is 1. The highest BCUT2D eigenvalue weighted by atomic mass is 32.2. The van der Waals surface area contributed by atoms with Crippen LogP contribution in [0.2, 0.25) is 0 Å². The zero-order valence-electron chi connectivity index (χ0n) is 19.5. The van der Waals surface area contributed by atoms with Gasteiger partial charge in [0.05, 0.1) is 22.6 Å². The quantitative estimate of drug-likeness (QED) is 0.268. The molecule has 0 aliphatic carbocycles. The molecule has 4 nitrogen and oxygen atoms in total. The van der Waals surface area contributed by atoms with Gasteiger partial charge in [-0.05, 0) is 66.6 Å². The van der Waals surface area contributed by atoms with Crippen LogP contribution in [-0.2, 0) is 6.54 Å². The Kier molecular flexibility index (Phi) is 8.12. The number of unbranched alkanes of at least 4 members (excludes halogenated alkanes) is 1. The number of para-hydroxylation sites is 1. The van der Waals surface area contributed by atoms with E-state index >= 15 is 0 Å². The Labute approximate surface area is 206 Å². The number of hydrogen-bond donors (Lipinski definition) is 1. The summed E-state index contributed by atoms with van der Waals surface area (Å²) in [7, 11) is 1.70. The SMILES string of the molecule is CCCCC1CN(c2ccccc2)c2cc(SC)c(O)cc2SN1Cc1ccc(OC)cc1. The number of thioether (sulfide) groups is 1. The molecule has 1 aliphatic rings. The van der Waals surface area contributed by atoms with Crippen molar-refractivity contribution < 1.29 is 9.84 Å². The normalized spacial score (nSPS) is 16.3. The van der Waals surface area contributed by atoms with Crippen LogP contribution in [0.3, 0.4) is 0 Å². The fourth-order valence-electron chi connectivity index (χ4n) is 4.19. The molecule has 1 aliphatic heterocycles. The highest BCUT2D eigenvalue weighted by Crippen LogP contribution is 2.46. The molecule has 0 aromatic heterocycles. The molecule has 4 rings (SSSR count). The van der Waals surface area contributed by atoms with Crippen molar-refractivity contribution >= 4 is 35.1 Å². The summed E-state index contributed by atoms with van der Waals surface area (Å²) in [5, 5.41) is 10.7. The van der Waals surface area contributed by atoms with Crippen molar-refractivity contribution in [1.82, 2.24) is 4.31 Å². The maximum atomic E-state index is 10.7. The van der Waals surface area contributed by atoms with Crippen LogP contribution < -0.4 is 9.64 Å². The monoisotopic (exact) mass is 480 g/mol.